The Morgan fingerprint density at radius 3 is 2.75 bits per heavy atom. The van der Waals surface area contributed by atoms with E-state index in [-0.39, 0.29) is 11.9 Å². The Morgan fingerprint density at radius 1 is 1.30 bits per heavy atom. The third-order valence-electron chi connectivity index (χ3n) is 3.91. The second kappa shape index (κ2) is 7.41. The lowest BCUT2D eigenvalue weighted by molar-refractivity contribution is 0.0969. The van der Waals surface area contributed by atoms with E-state index in [0.29, 0.717) is 17.7 Å². The highest BCUT2D eigenvalue weighted by molar-refractivity contribution is 5.96. The Morgan fingerprint density at radius 2 is 2.05 bits per heavy atom. The number of aromatic nitrogens is 1. The van der Waals surface area contributed by atoms with Crippen molar-refractivity contribution in [2.45, 2.75) is 64.9 Å². The molecule has 0 bridgehead atoms. The van der Waals surface area contributed by atoms with Crippen molar-refractivity contribution in [2.75, 3.05) is 0 Å². The molecule has 1 aromatic heterocycles. The Kier molecular flexibility index (Phi) is 5.57. The van der Waals surface area contributed by atoms with Gasteiger partial charge in [0.1, 0.15) is 5.75 Å². The summed E-state index contributed by atoms with van der Waals surface area (Å²) in [6, 6.07) is 1.82. The molecule has 1 fully saturated rings. The number of nitrogens with zero attached hydrogens (tertiary/aromatic N) is 1. The highest BCUT2D eigenvalue weighted by Gasteiger charge is 2.16. The highest BCUT2D eigenvalue weighted by atomic mass is 16.5. The van der Waals surface area contributed by atoms with Gasteiger partial charge in [-0.05, 0) is 32.3 Å². The smallest absolute Gasteiger partial charge is 0.164 e. The van der Waals surface area contributed by atoms with Gasteiger partial charge in [-0.2, -0.15) is 0 Å². The van der Waals surface area contributed by atoms with Crippen molar-refractivity contribution < 1.29 is 9.53 Å². The van der Waals surface area contributed by atoms with Crippen LogP contribution < -0.4 is 4.74 Å². The number of carbonyl (C=O) groups excluding carboxylic acids is 1. The largest absolute Gasteiger partial charge is 0.489 e. The molecule has 1 saturated carbocycles. The molecule has 0 radical (unpaired) electrons. The first-order valence-electron chi connectivity index (χ1n) is 7.80. The lowest BCUT2D eigenvalue weighted by Gasteiger charge is -2.20. The van der Waals surface area contributed by atoms with Gasteiger partial charge in [-0.3, -0.25) is 9.78 Å². The van der Waals surface area contributed by atoms with Crippen LogP contribution in [0.2, 0.25) is 0 Å². The predicted molar refractivity (Wildman–Crippen MR) is 80.1 cm³/mol. The molecular formula is C17H25NO2. The molecule has 3 nitrogen and oxygen atoms in total. The molecular weight excluding hydrogens is 250 g/mol. The third kappa shape index (κ3) is 4.62. The zero-order valence-electron chi connectivity index (χ0n) is 12.6. The van der Waals surface area contributed by atoms with Gasteiger partial charge >= 0.3 is 0 Å². The normalized spacial score (nSPS) is 16.4. The Hall–Kier alpha value is -1.38. The second-order valence-corrected chi connectivity index (χ2v) is 6.04. The van der Waals surface area contributed by atoms with E-state index in [4.69, 9.17) is 4.74 Å². The van der Waals surface area contributed by atoms with E-state index in [0.717, 1.165) is 12.3 Å². The van der Waals surface area contributed by atoms with Crippen LogP contribution in [0.1, 0.15) is 69.2 Å². The van der Waals surface area contributed by atoms with Crippen molar-refractivity contribution in [1.29, 1.82) is 0 Å². The van der Waals surface area contributed by atoms with Gasteiger partial charge < -0.3 is 4.74 Å². The topological polar surface area (TPSA) is 39.2 Å². The van der Waals surface area contributed by atoms with Crippen molar-refractivity contribution in [3.8, 4) is 5.75 Å². The van der Waals surface area contributed by atoms with Crippen molar-refractivity contribution >= 4 is 5.78 Å². The average molecular weight is 275 g/mol. The predicted octanol–water partition coefficient (Wildman–Crippen LogP) is 4.41. The third-order valence-corrected chi connectivity index (χ3v) is 3.91. The van der Waals surface area contributed by atoms with E-state index in [9.17, 15) is 4.79 Å². The van der Waals surface area contributed by atoms with Crippen LogP contribution in [0.4, 0.5) is 0 Å². The summed E-state index contributed by atoms with van der Waals surface area (Å²) in [5.74, 6) is 1.62. The van der Waals surface area contributed by atoms with Gasteiger partial charge in [0, 0.05) is 18.2 Å². The number of ether oxygens (including phenoxy) is 1. The molecule has 2 rings (SSSR count). The molecule has 0 unspecified atom stereocenters. The summed E-state index contributed by atoms with van der Waals surface area (Å²) < 4.78 is 5.58. The minimum absolute atomic E-state index is 0.101. The van der Waals surface area contributed by atoms with E-state index in [1.54, 1.807) is 12.4 Å². The average Bonchev–Trinajstić information content (AvgIpc) is 2.45. The minimum atomic E-state index is 0.101. The number of hydrogen-bond donors (Lipinski definition) is 0. The van der Waals surface area contributed by atoms with Crippen molar-refractivity contribution in [3.63, 3.8) is 0 Å². The van der Waals surface area contributed by atoms with Crippen LogP contribution in [-0.4, -0.2) is 16.9 Å². The van der Waals surface area contributed by atoms with Crippen LogP contribution >= 0.6 is 0 Å². The fourth-order valence-corrected chi connectivity index (χ4v) is 2.86. The Balaban J connectivity index is 1.88. The molecule has 1 aliphatic carbocycles. The first-order chi connectivity index (χ1) is 9.65. The zero-order valence-corrected chi connectivity index (χ0v) is 12.6. The fraction of sp³-hybridized carbons (Fsp3) is 0.647. The molecule has 0 aromatic carbocycles. The summed E-state index contributed by atoms with van der Waals surface area (Å²) in [5.41, 5.74) is 0.680. The van der Waals surface area contributed by atoms with Crippen LogP contribution in [0.3, 0.4) is 0 Å². The Bertz CT molecular complexity index is 436. The number of Topliss-reactive ketones (excluding diaryl/α,β-unsaturated/α-hetero) is 1. The number of pyridine rings is 1. The van der Waals surface area contributed by atoms with E-state index >= 15 is 0 Å². The quantitative estimate of drug-likeness (QED) is 0.722. The molecule has 110 valence electrons. The monoisotopic (exact) mass is 275 g/mol. The van der Waals surface area contributed by atoms with Crippen LogP contribution in [0.5, 0.6) is 5.75 Å². The maximum Gasteiger partial charge on any atom is 0.164 e. The lowest BCUT2D eigenvalue weighted by atomic mass is 9.85. The van der Waals surface area contributed by atoms with Gasteiger partial charge in [0.05, 0.1) is 12.3 Å². The maximum atomic E-state index is 12.2. The summed E-state index contributed by atoms with van der Waals surface area (Å²) in [7, 11) is 0. The first kappa shape index (κ1) is 15.0. The first-order valence-corrected chi connectivity index (χ1v) is 7.80. The van der Waals surface area contributed by atoms with Crippen molar-refractivity contribution in [3.05, 3.63) is 24.0 Å². The van der Waals surface area contributed by atoms with Gasteiger partial charge in [-0.15, -0.1) is 0 Å². The molecule has 20 heavy (non-hydrogen) atoms. The summed E-state index contributed by atoms with van der Waals surface area (Å²) in [6.07, 6.45) is 11.7. The molecule has 1 heterocycles. The molecule has 1 aliphatic rings. The highest BCUT2D eigenvalue weighted by Crippen LogP contribution is 2.28. The van der Waals surface area contributed by atoms with Crippen molar-refractivity contribution in [2.24, 2.45) is 5.92 Å². The van der Waals surface area contributed by atoms with Crippen LogP contribution in [0, 0.1) is 5.92 Å². The standard InChI is InChI=1S/C17H25NO2/c1-13(2)20-16-10-15(11-18-12-16)17(19)9-8-14-6-4-3-5-7-14/h10-14H,3-9H2,1-2H3. The van der Waals surface area contributed by atoms with E-state index in [1.165, 1.54) is 32.1 Å². The number of hydrogen-bond acceptors (Lipinski definition) is 3. The summed E-state index contributed by atoms with van der Waals surface area (Å²) in [5, 5.41) is 0. The number of rotatable bonds is 6. The summed E-state index contributed by atoms with van der Waals surface area (Å²) >= 11 is 0. The molecule has 0 atom stereocenters. The molecule has 0 spiro atoms. The molecule has 1 aromatic rings. The summed E-state index contributed by atoms with van der Waals surface area (Å²) in [4.78, 5) is 16.3. The SMILES string of the molecule is CC(C)Oc1cncc(C(=O)CCC2CCCCC2)c1. The molecule has 0 amide bonds. The van der Waals surface area contributed by atoms with E-state index < -0.39 is 0 Å². The van der Waals surface area contributed by atoms with Crippen LogP contribution in [0.25, 0.3) is 0 Å². The maximum absolute atomic E-state index is 12.2. The van der Waals surface area contributed by atoms with E-state index in [1.807, 2.05) is 19.9 Å². The van der Waals surface area contributed by atoms with Gasteiger partial charge in [0.25, 0.3) is 0 Å². The van der Waals surface area contributed by atoms with Gasteiger partial charge in [-0.1, -0.05) is 32.1 Å². The van der Waals surface area contributed by atoms with Gasteiger partial charge in [-0.25, -0.2) is 0 Å². The minimum Gasteiger partial charge on any atom is -0.489 e. The number of carbonyl (C=O) groups is 1. The Labute approximate surface area is 121 Å². The zero-order chi connectivity index (χ0) is 14.4. The van der Waals surface area contributed by atoms with E-state index in [2.05, 4.69) is 4.98 Å². The fourth-order valence-electron chi connectivity index (χ4n) is 2.86. The lowest BCUT2D eigenvalue weighted by Crippen LogP contribution is -2.10. The molecule has 0 saturated heterocycles. The van der Waals surface area contributed by atoms with Crippen LogP contribution in [0.15, 0.2) is 18.5 Å². The second-order valence-electron chi connectivity index (χ2n) is 6.04. The molecule has 0 N–H and O–H groups in total. The summed E-state index contributed by atoms with van der Waals surface area (Å²) in [6.45, 7) is 3.94. The molecule has 0 aliphatic heterocycles. The van der Waals surface area contributed by atoms with Crippen LogP contribution in [-0.2, 0) is 0 Å². The number of ketones is 1. The van der Waals surface area contributed by atoms with Gasteiger partial charge in [0.2, 0.25) is 0 Å². The van der Waals surface area contributed by atoms with Crippen molar-refractivity contribution in [1.82, 2.24) is 4.98 Å². The van der Waals surface area contributed by atoms with Gasteiger partial charge in [0.15, 0.2) is 5.78 Å². The molecule has 3 heteroatoms.